The van der Waals surface area contributed by atoms with E-state index in [4.69, 9.17) is 11.6 Å². The first kappa shape index (κ1) is 14.6. The first-order chi connectivity index (χ1) is 7.69. The number of rotatable bonds is 3. The molecular formula is C10H7ClF3IO2. The molecule has 0 aliphatic carbocycles. The Balaban J connectivity index is 3.07. The second-order valence-electron chi connectivity index (χ2n) is 3.20. The Morgan fingerprint density at radius 3 is 2.47 bits per heavy atom. The summed E-state index contributed by atoms with van der Waals surface area (Å²) in [5.74, 6) is -0.873. The minimum Gasteiger partial charge on any atom is -0.406 e. The summed E-state index contributed by atoms with van der Waals surface area (Å²) in [6.45, 7) is 1.45. The summed E-state index contributed by atoms with van der Waals surface area (Å²) in [7, 11) is 0. The molecule has 7 heteroatoms. The zero-order chi connectivity index (χ0) is 13.2. The van der Waals surface area contributed by atoms with Crippen molar-refractivity contribution in [2.45, 2.75) is 18.7 Å². The summed E-state index contributed by atoms with van der Waals surface area (Å²) in [6, 6.07) is 3.66. The fourth-order valence-electron chi connectivity index (χ4n) is 1.13. The number of Topliss-reactive ketones (excluding diaryl/α,β-unsaturated/α-hetero) is 1. The van der Waals surface area contributed by atoms with Crippen LogP contribution in [0.4, 0.5) is 13.2 Å². The van der Waals surface area contributed by atoms with Gasteiger partial charge in [0.15, 0.2) is 5.78 Å². The van der Waals surface area contributed by atoms with E-state index < -0.39 is 23.3 Å². The fraction of sp³-hybridized carbons (Fsp3) is 0.300. The van der Waals surface area contributed by atoms with Gasteiger partial charge in [0.05, 0.1) is 5.38 Å². The Kier molecular flexibility index (Phi) is 4.65. The normalized spacial score (nSPS) is 13.3. The topological polar surface area (TPSA) is 26.3 Å². The van der Waals surface area contributed by atoms with Crippen LogP contribution in [0.5, 0.6) is 5.75 Å². The number of halogens is 5. The third-order valence-corrected chi connectivity index (χ3v) is 2.57. The van der Waals surface area contributed by atoms with Crippen LogP contribution in [-0.2, 0) is 0 Å². The van der Waals surface area contributed by atoms with Crippen molar-refractivity contribution in [2.24, 2.45) is 0 Å². The molecule has 0 heterocycles. The van der Waals surface area contributed by atoms with E-state index in [-0.39, 0.29) is 5.56 Å². The van der Waals surface area contributed by atoms with Gasteiger partial charge in [-0.15, -0.1) is 24.8 Å². The number of carbonyl (C=O) groups excluding carboxylic acids is 1. The maximum Gasteiger partial charge on any atom is 0.573 e. The molecule has 94 valence electrons. The van der Waals surface area contributed by atoms with Crippen LogP contribution in [0.15, 0.2) is 18.2 Å². The number of alkyl halides is 4. The second kappa shape index (κ2) is 5.43. The largest absolute Gasteiger partial charge is 0.573 e. The summed E-state index contributed by atoms with van der Waals surface area (Å²) in [5, 5.41) is -0.799. The highest BCUT2D eigenvalue weighted by atomic mass is 127. The number of hydrogen-bond donors (Lipinski definition) is 0. The lowest BCUT2D eigenvalue weighted by Gasteiger charge is -2.11. The molecule has 0 amide bonds. The highest BCUT2D eigenvalue weighted by Crippen LogP contribution is 2.26. The lowest BCUT2D eigenvalue weighted by atomic mass is 10.1. The van der Waals surface area contributed by atoms with Gasteiger partial charge in [0, 0.05) is 9.13 Å². The van der Waals surface area contributed by atoms with Gasteiger partial charge in [-0.1, -0.05) is 0 Å². The molecule has 1 rings (SSSR count). The Morgan fingerprint density at radius 2 is 2.00 bits per heavy atom. The van der Waals surface area contributed by atoms with Crippen molar-refractivity contribution in [3.05, 3.63) is 27.3 Å². The first-order valence-electron chi connectivity index (χ1n) is 4.43. The molecule has 0 aromatic heterocycles. The molecule has 0 saturated carbocycles. The molecule has 0 saturated heterocycles. The zero-order valence-corrected chi connectivity index (χ0v) is 11.4. The maximum absolute atomic E-state index is 12.0. The number of ether oxygens (including phenoxy) is 1. The van der Waals surface area contributed by atoms with Gasteiger partial charge in [-0.05, 0) is 47.7 Å². The summed E-state index contributed by atoms with van der Waals surface area (Å²) in [5.41, 5.74) is 0.0960. The Labute approximate surface area is 114 Å². The number of benzene rings is 1. The van der Waals surface area contributed by atoms with E-state index in [9.17, 15) is 18.0 Å². The highest BCUT2D eigenvalue weighted by molar-refractivity contribution is 14.1. The van der Waals surface area contributed by atoms with E-state index in [2.05, 4.69) is 4.74 Å². The molecule has 1 atom stereocenters. The maximum atomic E-state index is 12.0. The van der Waals surface area contributed by atoms with E-state index in [1.807, 2.05) is 0 Å². The van der Waals surface area contributed by atoms with Gasteiger partial charge in [0.25, 0.3) is 0 Å². The standard InChI is InChI=1S/C10H7ClF3IO2/c1-5(11)9(16)6-2-7(15)4-8(3-6)17-10(12,13)14/h2-5H,1H3. The van der Waals surface area contributed by atoms with Crippen molar-refractivity contribution in [1.29, 1.82) is 0 Å². The third kappa shape index (κ3) is 4.71. The van der Waals surface area contributed by atoms with Crippen molar-refractivity contribution >= 4 is 40.0 Å². The van der Waals surface area contributed by atoms with Gasteiger partial charge in [0.1, 0.15) is 5.75 Å². The molecule has 0 aliphatic rings. The van der Waals surface area contributed by atoms with Gasteiger partial charge in [-0.2, -0.15) is 0 Å². The molecule has 0 N–H and O–H groups in total. The lowest BCUT2D eigenvalue weighted by molar-refractivity contribution is -0.274. The predicted molar refractivity (Wildman–Crippen MR) is 65.5 cm³/mol. The van der Waals surface area contributed by atoms with Crippen LogP contribution in [0.1, 0.15) is 17.3 Å². The second-order valence-corrected chi connectivity index (χ2v) is 5.10. The lowest BCUT2D eigenvalue weighted by Crippen LogP contribution is -2.18. The number of hydrogen-bond acceptors (Lipinski definition) is 2. The minimum atomic E-state index is -4.78. The van der Waals surface area contributed by atoms with Crippen LogP contribution in [-0.4, -0.2) is 17.5 Å². The Hall–Kier alpha value is -0.500. The molecule has 0 bridgehead atoms. The van der Waals surface area contributed by atoms with Crippen molar-refractivity contribution in [2.75, 3.05) is 0 Å². The van der Waals surface area contributed by atoms with Gasteiger partial charge >= 0.3 is 6.36 Å². The average molecular weight is 379 g/mol. The van der Waals surface area contributed by atoms with Gasteiger partial charge in [-0.25, -0.2) is 0 Å². The molecule has 0 fully saturated rings. The molecular weight excluding hydrogens is 371 g/mol. The van der Waals surface area contributed by atoms with E-state index >= 15 is 0 Å². The molecule has 1 aromatic rings. The molecule has 0 radical (unpaired) electrons. The summed E-state index contributed by atoms with van der Waals surface area (Å²) < 4.78 is 40.3. The van der Waals surface area contributed by atoms with Crippen LogP contribution in [0, 0.1) is 3.57 Å². The summed E-state index contributed by atoms with van der Waals surface area (Å²) in [4.78, 5) is 11.5. The van der Waals surface area contributed by atoms with Crippen molar-refractivity contribution in [3.8, 4) is 5.75 Å². The predicted octanol–water partition coefficient (Wildman–Crippen LogP) is 4.00. The smallest absolute Gasteiger partial charge is 0.406 e. The highest BCUT2D eigenvalue weighted by Gasteiger charge is 2.31. The van der Waals surface area contributed by atoms with Gasteiger partial charge in [0.2, 0.25) is 0 Å². The number of ketones is 1. The molecule has 1 unspecified atom stereocenters. The van der Waals surface area contributed by atoms with Crippen LogP contribution in [0.3, 0.4) is 0 Å². The van der Waals surface area contributed by atoms with Crippen molar-refractivity contribution < 1.29 is 22.7 Å². The first-order valence-corrected chi connectivity index (χ1v) is 5.95. The van der Waals surface area contributed by atoms with Crippen LogP contribution in [0.25, 0.3) is 0 Å². The van der Waals surface area contributed by atoms with E-state index in [0.29, 0.717) is 3.57 Å². The fourth-order valence-corrected chi connectivity index (χ4v) is 1.90. The third-order valence-electron chi connectivity index (χ3n) is 1.75. The number of carbonyl (C=O) groups is 1. The van der Waals surface area contributed by atoms with E-state index in [0.717, 1.165) is 6.07 Å². The van der Waals surface area contributed by atoms with Crippen LogP contribution >= 0.6 is 34.2 Å². The molecule has 17 heavy (non-hydrogen) atoms. The van der Waals surface area contributed by atoms with E-state index in [1.165, 1.54) is 19.1 Å². The van der Waals surface area contributed by atoms with E-state index in [1.54, 1.807) is 22.6 Å². The molecule has 0 spiro atoms. The van der Waals surface area contributed by atoms with Crippen molar-refractivity contribution in [3.63, 3.8) is 0 Å². The van der Waals surface area contributed by atoms with Crippen LogP contribution in [0.2, 0.25) is 0 Å². The Bertz CT molecular complexity index is 432. The average Bonchev–Trinajstić information content (AvgIpc) is 2.12. The SMILES string of the molecule is CC(Cl)C(=O)c1cc(I)cc(OC(F)(F)F)c1. The molecule has 1 aromatic carbocycles. The zero-order valence-electron chi connectivity index (χ0n) is 8.52. The van der Waals surface area contributed by atoms with Crippen molar-refractivity contribution in [1.82, 2.24) is 0 Å². The minimum absolute atomic E-state index is 0.0960. The quantitative estimate of drug-likeness (QED) is 0.451. The Morgan fingerprint density at radius 1 is 1.41 bits per heavy atom. The van der Waals surface area contributed by atoms with Gasteiger partial charge < -0.3 is 4.74 Å². The summed E-state index contributed by atoms with van der Waals surface area (Å²) in [6.07, 6.45) is -4.78. The molecule has 2 nitrogen and oxygen atoms in total. The monoisotopic (exact) mass is 378 g/mol. The van der Waals surface area contributed by atoms with Crippen LogP contribution < -0.4 is 4.74 Å². The molecule has 0 aliphatic heterocycles. The van der Waals surface area contributed by atoms with Gasteiger partial charge in [-0.3, -0.25) is 4.79 Å². The summed E-state index contributed by atoms with van der Waals surface area (Å²) >= 11 is 7.38.